The van der Waals surface area contributed by atoms with Gasteiger partial charge >= 0.3 is 5.97 Å². The monoisotopic (exact) mass is 718 g/mol. The molecule has 0 bridgehead atoms. The maximum absolute atomic E-state index is 12.6. The van der Waals surface area contributed by atoms with Gasteiger partial charge in [-0.2, -0.15) is 0 Å². The molecule has 49 heavy (non-hydrogen) atoms. The molecule has 0 amide bonds. The van der Waals surface area contributed by atoms with Crippen molar-refractivity contribution in [3.05, 3.63) is 12.2 Å². The molecule has 0 saturated heterocycles. The van der Waals surface area contributed by atoms with E-state index in [1.807, 2.05) is 21.1 Å². The second kappa shape index (κ2) is 34.3. The van der Waals surface area contributed by atoms with Crippen molar-refractivity contribution in [3.63, 3.8) is 0 Å². The van der Waals surface area contributed by atoms with Crippen LogP contribution < -0.4 is 4.89 Å². The number of hydrogen-bond acceptors (Lipinski definition) is 7. The zero-order chi connectivity index (χ0) is 36.3. The van der Waals surface area contributed by atoms with E-state index in [1.165, 1.54) is 116 Å². The van der Waals surface area contributed by atoms with Crippen LogP contribution in [0, 0.1) is 0 Å². The SMILES string of the molecule is CCCC/C=C\CCCCCCCC(=O)OC(COCCCCCCCCCCCCCCCCCC)COP(=O)([O-])OCC[N+](C)(C)C. The Morgan fingerprint density at radius 1 is 0.612 bits per heavy atom. The maximum atomic E-state index is 12.6. The lowest BCUT2D eigenvalue weighted by atomic mass is 10.0. The zero-order valence-electron chi connectivity index (χ0n) is 32.9. The van der Waals surface area contributed by atoms with E-state index < -0.39 is 13.9 Å². The van der Waals surface area contributed by atoms with Crippen molar-refractivity contribution in [1.82, 2.24) is 0 Å². The fourth-order valence-electron chi connectivity index (χ4n) is 5.59. The number of allylic oxidation sites excluding steroid dienone is 2. The third-order valence-corrected chi connectivity index (χ3v) is 9.78. The van der Waals surface area contributed by atoms with Crippen LogP contribution in [0.5, 0.6) is 0 Å². The normalized spacial score (nSPS) is 14.0. The van der Waals surface area contributed by atoms with Crippen LogP contribution in [0.1, 0.15) is 181 Å². The third-order valence-electron chi connectivity index (χ3n) is 8.82. The first-order valence-electron chi connectivity index (χ1n) is 20.4. The van der Waals surface area contributed by atoms with Gasteiger partial charge in [-0.3, -0.25) is 9.36 Å². The number of likely N-dealkylation sites (N-methyl/N-ethyl adjacent to an activating group) is 1. The molecular weight excluding hydrogens is 637 g/mol. The van der Waals surface area contributed by atoms with Gasteiger partial charge < -0.3 is 27.9 Å². The first kappa shape index (κ1) is 48.2. The minimum Gasteiger partial charge on any atom is -0.756 e. The smallest absolute Gasteiger partial charge is 0.306 e. The predicted octanol–water partition coefficient (Wildman–Crippen LogP) is 10.9. The summed E-state index contributed by atoms with van der Waals surface area (Å²) in [7, 11) is 1.36. The first-order chi connectivity index (χ1) is 23.6. The summed E-state index contributed by atoms with van der Waals surface area (Å²) in [6.45, 7) is 5.39. The van der Waals surface area contributed by atoms with Gasteiger partial charge in [-0.05, 0) is 32.1 Å². The lowest BCUT2D eigenvalue weighted by Gasteiger charge is -2.28. The Morgan fingerprint density at radius 3 is 1.61 bits per heavy atom. The number of ether oxygens (including phenoxy) is 2. The number of carbonyl (C=O) groups is 1. The number of hydrogen-bond donors (Lipinski definition) is 0. The van der Waals surface area contributed by atoms with Crippen LogP contribution in [0.15, 0.2) is 12.2 Å². The van der Waals surface area contributed by atoms with E-state index in [2.05, 4.69) is 26.0 Å². The number of quaternary nitrogens is 1. The largest absolute Gasteiger partial charge is 0.756 e. The molecule has 0 aliphatic rings. The van der Waals surface area contributed by atoms with E-state index in [0.717, 1.165) is 44.9 Å². The molecule has 0 saturated carbocycles. The van der Waals surface area contributed by atoms with Crippen molar-refractivity contribution in [2.24, 2.45) is 0 Å². The molecule has 0 aromatic heterocycles. The predicted molar refractivity (Wildman–Crippen MR) is 204 cm³/mol. The van der Waals surface area contributed by atoms with Crippen molar-refractivity contribution in [2.45, 2.75) is 187 Å². The van der Waals surface area contributed by atoms with E-state index in [9.17, 15) is 14.3 Å². The van der Waals surface area contributed by atoms with Gasteiger partial charge in [0.15, 0.2) is 0 Å². The van der Waals surface area contributed by atoms with Gasteiger partial charge in [0.05, 0.1) is 34.4 Å². The average Bonchev–Trinajstić information content (AvgIpc) is 3.04. The minimum absolute atomic E-state index is 0.0274. The van der Waals surface area contributed by atoms with Crippen LogP contribution in [0.2, 0.25) is 0 Å². The van der Waals surface area contributed by atoms with Crippen molar-refractivity contribution < 1.29 is 37.3 Å². The topological polar surface area (TPSA) is 94.1 Å². The lowest BCUT2D eigenvalue weighted by molar-refractivity contribution is -0.870. The number of phosphoric acid groups is 1. The molecule has 2 atom stereocenters. The highest BCUT2D eigenvalue weighted by Crippen LogP contribution is 2.38. The van der Waals surface area contributed by atoms with Gasteiger partial charge in [0.1, 0.15) is 19.3 Å². The molecular formula is C40H80NO7P. The van der Waals surface area contributed by atoms with Crippen molar-refractivity contribution in [1.29, 1.82) is 0 Å². The number of phosphoric ester groups is 1. The molecule has 292 valence electrons. The third kappa shape index (κ3) is 38.3. The molecule has 2 unspecified atom stereocenters. The van der Waals surface area contributed by atoms with Crippen LogP contribution >= 0.6 is 7.82 Å². The summed E-state index contributed by atoms with van der Waals surface area (Å²) in [5.41, 5.74) is 0. The summed E-state index contributed by atoms with van der Waals surface area (Å²) in [6, 6.07) is 0. The zero-order valence-corrected chi connectivity index (χ0v) is 33.8. The summed E-state index contributed by atoms with van der Waals surface area (Å²) >= 11 is 0. The van der Waals surface area contributed by atoms with Crippen molar-refractivity contribution in [2.75, 3.05) is 54.1 Å². The molecule has 0 rings (SSSR count). The molecule has 0 spiro atoms. The Hall–Kier alpha value is -0.760. The molecule has 0 aromatic rings. The maximum Gasteiger partial charge on any atom is 0.306 e. The highest BCUT2D eigenvalue weighted by Gasteiger charge is 2.20. The highest BCUT2D eigenvalue weighted by atomic mass is 31.2. The number of unbranched alkanes of at least 4 members (excludes halogenated alkanes) is 22. The van der Waals surface area contributed by atoms with E-state index in [4.69, 9.17) is 18.5 Å². The Balaban J connectivity index is 4.22. The van der Waals surface area contributed by atoms with Crippen LogP contribution in [-0.2, 0) is 27.9 Å². The number of rotatable bonds is 38. The van der Waals surface area contributed by atoms with Gasteiger partial charge in [0.25, 0.3) is 7.82 Å². The van der Waals surface area contributed by atoms with Crippen molar-refractivity contribution in [3.8, 4) is 0 Å². The Morgan fingerprint density at radius 2 is 1.08 bits per heavy atom. The van der Waals surface area contributed by atoms with Crippen LogP contribution in [-0.4, -0.2) is 70.7 Å². The van der Waals surface area contributed by atoms with Gasteiger partial charge in [-0.15, -0.1) is 0 Å². The molecule has 0 radical (unpaired) electrons. The molecule has 8 nitrogen and oxygen atoms in total. The fourth-order valence-corrected chi connectivity index (χ4v) is 6.31. The number of nitrogens with zero attached hydrogens (tertiary/aromatic N) is 1. The molecule has 0 aromatic carbocycles. The molecule has 0 fully saturated rings. The van der Waals surface area contributed by atoms with Crippen molar-refractivity contribution >= 4 is 13.8 Å². The molecule has 0 aliphatic carbocycles. The van der Waals surface area contributed by atoms with Crippen LogP contribution in [0.3, 0.4) is 0 Å². The molecule has 0 aliphatic heterocycles. The average molecular weight is 718 g/mol. The second-order valence-electron chi connectivity index (χ2n) is 15.0. The lowest BCUT2D eigenvalue weighted by Crippen LogP contribution is -2.37. The minimum atomic E-state index is -4.51. The Bertz CT molecular complexity index is 802. The number of carbonyl (C=O) groups excluding carboxylic acids is 1. The summed E-state index contributed by atoms with van der Waals surface area (Å²) in [4.78, 5) is 24.9. The van der Waals surface area contributed by atoms with Gasteiger partial charge in [0.2, 0.25) is 0 Å². The Labute approximate surface area is 303 Å². The summed E-state index contributed by atoms with van der Waals surface area (Å²) < 4.78 is 34.5. The van der Waals surface area contributed by atoms with E-state index in [0.29, 0.717) is 24.1 Å². The Kier molecular flexibility index (Phi) is 33.8. The van der Waals surface area contributed by atoms with E-state index in [-0.39, 0.29) is 25.8 Å². The summed E-state index contributed by atoms with van der Waals surface area (Å²) in [6.07, 6.45) is 35.0. The van der Waals surface area contributed by atoms with E-state index >= 15 is 0 Å². The van der Waals surface area contributed by atoms with Crippen LogP contribution in [0.25, 0.3) is 0 Å². The molecule has 0 heterocycles. The fraction of sp³-hybridized carbons (Fsp3) is 0.925. The first-order valence-corrected chi connectivity index (χ1v) is 21.9. The van der Waals surface area contributed by atoms with Gasteiger partial charge in [0, 0.05) is 13.0 Å². The van der Waals surface area contributed by atoms with Gasteiger partial charge in [-0.1, -0.05) is 154 Å². The molecule has 9 heteroatoms. The van der Waals surface area contributed by atoms with Crippen LogP contribution in [0.4, 0.5) is 0 Å². The summed E-state index contributed by atoms with van der Waals surface area (Å²) in [5.74, 6) is -0.342. The second-order valence-corrected chi connectivity index (χ2v) is 16.4. The number of esters is 1. The van der Waals surface area contributed by atoms with E-state index in [1.54, 1.807) is 0 Å². The van der Waals surface area contributed by atoms with Gasteiger partial charge in [-0.25, -0.2) is 0 Å². The summed E-state index contributed by atoms with van der Waals surface area (Å²) in [5, 5.41) is 0. The standard InChI is InChI=1S/C40H80NO7P/c1-6-8-10-12-14-16-18-19-20-21-22-24-26-28-30-32-35-45-37-39(38-47-49(43,44)46-36-34-41(3,4)5)48-40(42)33-31-29-27-25-23-17-15-13-11-9-7-2/h13,15,39H,6-12,14,16-38H2,1-5H3/b15-13-. The quantitative estimate of drug-likeness (QED) is 0.0206. The molecule has 0 N–H and O–H groups in total. The highest BCUT2D eigenvalue weighted by molar-refractivity contribution is 7.45.